The molecule has 184 valence electrons. The summed E-state index contributed by atoms with van der Waals surface area (Å²) in [7, 11) is 0. The number of hydrogen-bond donors (Lipinski definition) is 1. The molecule has 0 spiro atoms. The summed E-state index contributed by atoms with van der Waals surface area (Å²) in [5.74, 6) is -5.23. The lowest BCUT2D eigenvalue weighted by Crippen LogP contribution is -2.50. The van der Waals surface area contributed by atoms with Crippen LogP contribution in [0.25, 0.3) is 11.0 Å². The molecule has 1 aliphatic heterocycles. The fourth-order valence-corrected chi connectivity index (χ4v) is 5.71. The summed E-state index contributed by atoms with van der Waals surface area (Å²) in [4.78, 5) is 26.6. The molecule has 3 aliphatic rings. The minimum atomic E-state index is -3.01. The third kappa shape index (κ3) is 4.57. The van der Waals surface area contributed by atoms with E-state index in [9.17, 15) is 18.4 Å². The van der Waals surface area contributed by atoms with Gasteiger partial charge in [0.2, 0.25) is 0 Å². The number of amides is 1. The maximum Gasteiger partial charge on any atom is 0.316 e. The van der Waals surface area contributed by atoms with Crippen molar-refractivity contribution in [2.75, 3.05) is 19.6 Å². The number of primary amides is 1. The second-order valence-corrected chi connectivity index (χ2v) is 10.3. The van der Waals surface area contributed by atoms with E-state index in [4.69, 9.17) is 14.9 Å². The molecular weight excluding hydrogens is 442 g/mol. The van der Waals surface area contributed by atoms with Gasteiger partial charge in [0.05, 0.1) is 6.26 Å². The van der Waals surface area contributed by atoms with E-state index in [-0.39, 0.29) is 0 Å². The maximum atomic E-state index is 13.2. The van der Waals surface area contributed by atoms with E-state index in [1.807, 2.05) is 18.4 Å². The number of ether oxygens (including phenoxy) is 1. The monoisotopic (exact) mass is 474 g/mol. The van der Waals surface area contributed by atoms with Crippen LogP contribution in [-0.4, -0.2) is 47.9 Å². The SMILES string of the molecule is NC(=O)C1(OC(=O)C2CC2(F)F)CCC(CCN2CCC(c3coc4ccccc34)CC2)CC1. The second kappa shape index (κ2) is 8.95. The van der Waals surface area contributed by atoms with Crippen LogP contribution in [0, 0.1) is 11.8 Å². The van der Waals surface area contributed by atoms with Crippen LogP contribution in [-0.2, 0) is 14.3 Å². The van der Waals surface area contributed by atoms with Gasteiger partial charge in [0.25, 0.3) is 11.8 Å². The number of nitrogens with two attached hydrogens (primary N) is 1. The van der Waals surface area contributed by atoms with Crippen molar-refractivity contribution in [2.45, 2.75) is 68.8 Å². The van der Waals surface area contributed by atoms with Gasteiger partial charge in [-0.05, 0) is 82.5 Å². The van der Waals surface area contributed by atoms with Crippen LogP contribution >= 0.6 is 0 Å². The van der Waals surface area contributed by atoms with E-state index < -0.39 is 35.7 Å². The van der Waals surface area contributed by atoms with Crippen LogP contribution in [0.4, 0.5) is 8.78 Å². The summed E-state index contributed by atoms with van der Waals surface area (Å²) in [6.45, 7) is 3.06. The van der Waals surface area contributed by atoms with Gasteiger partial charge in [-0.3, -0.25) is 9.59 Å². The van der Waals surface area contributed by atoms with Gasteiger partial charge in [-0.2, -0.15) is 0 Å². The Morgan fingerprint density at radius 3 is 2.44 bits per heavy atom. The fourth-order valence-electron chi connectivity index (χ4n) is 5.71. The van der Waals surface area contributed by atoms with Crippen molar-refractivity contribution < 1.29 is 27.5 Å². The number of nitrogens with zero attached hydrogens (tertiary/aromatic N) is 1. The molecule has 2 N–H and O–H groups in total. The highest BCUT2D eigenvalue weighted by Crippen LogP contribution is 2.50. The average Bonchev–Trinajstić information content (AvgIpc) is 3.27. The number of para-hydroxylation sites is 1. The van der Waals surface area contributed by atoms with Crippen LogP contribution < -0.4 is 5.73 Å². The summed E-state index contributed by atoms with van der Waals surface area (Å²) in [6, 6.07) is 8.18. The third-order valence-electron chi connectivity index (χ3n) is 8.16. The molecule has 5 rings (SSSR count). The normalized spacial score (nSPS) is 29.7. The van der Waals surface area contributed by atoms with Crippen LogP contribution in [0.1, 0.15) is 62.8 Å². The first-order chi connectivity index (χ1) is 16.3. The van der Waals surface area contributed by atoms with Gasteiger partial charge in [0, 0.05) is 17.4 Å². The van der Waals surface area contributed by atoms with Gasteiger partial charge in [-0.15, -0.1) is 0 Å². The van der Waals surface area contributed by atoms with E-state index in [1.165, 1.54) is 10.9 Å². The molecule has 2 aromatic rings. The molecule has 3 fully saturated rings. The number of piperidine rings is 1. The van der Waals surface area contributed by atoms with Crippen LogP contribution in [0.15, 0.2) is 34.9 Å². The maximum absolute atomic E-state index is 13.2. The number of hydrogen-bond acceptors (Lipinski definition) is 5. The van der Waals surface area contributed by atoms with E-state index >= 15 is 0 Å². The number of carbonyl (C=O) groups excluding carboxylic acids is 2. The van der Waals surface area contributed by atoms with Gasteiger partial charge in [0.1, 0.15) is 11.5 Å². The number of halogens is 2. The lowest BCUT2D eigenvalue weighted by atomic mass is 9.77. The van der Waals surface area contributed by atoms with E-state index in [0.717, 1.165) is 44.5 Å². The molecule has 2 aliphatic carbocycles. The molecule has 1 saturated heterocycles. The number of furan rings is 1. The molecule has 0 radical (unpaired) electrons. The molecule has 1 unspecified atom stereocenters. The Bertz CT molecular complexity index is 1050. The molecule has 2 saturated carbocycles. The third-order valence-corrected chi connectivity index (χ3v) is 8.16. The predicted molar refractivity (Wildman–Crippen MR) is 122 cm³/mol. The highest BCUT2D eigenvalue weighted by Gasteiger charge is 2.63. The van der Waals surface area contributed by atoms with E-state index in [0.29, 0.717) is 37.5 Å². The molecule has 6 nitrogen and oxygen atoms in total. The Hall–Kier alpha value is -2.48. The van der Waals surface area contributed by atoms with Crippen molar-refractivity contribution in [3.05, 3.63) is 36.1 Å². The number of likely N-dealkylation sites (tertiary alicyclic amines) is 1. The topological polar surface area (TPSA) is 85.8 Å². The van der Waals surface area contributed by atoms with Gasteiger partial charge >= 0.3 is 5.97 Å². The Morgan fingerprint density at radius 2 is 1.79 bits per heavy atom. The van der Waals surface area contributed by atoms with E-state index in [1.54, 1.807) is 0 Å². The summed E-state index contributed by atoms with van der Waals surface area (Å²) < 4.78 is 37.5. The summed E-state index contributed by atoms with van der Waals surface area (Å²) in [5, 5.41) is 1.21. The summed E-state index contributed by atoms with van der Waals surface area (Å²) >= 11 is 0. The van der Waals surface area contributed by atoms with Gasteiger partial charge in [0.15, 0.2) is 5.60 Å². The molecule has 0 bridgehead atoms. The largest absolute Gasteiger partial charge is 0.464 e. The molecule has 1 atom stereocenters. The number of rotatable bonds is 7. The van der Waals surface area contributed by atoms with Crippen molar-refractivity contribution in [1.82, 2.24) is 4.90 Å². The number of carbonyl (C=O) groups is 2. The van der Waals surface area contributed by atoms with Crippen molar-refractivity contribution in [3.8, 4) is 0 Å². The van der Waals surface area contributed by atoms with Crippen molar-refractivity contribution in [1.29, 1.82) is 0 Å². The highest BCUT2D eigenvalue weighted by atomic mass is 19.3. The summed E-state index contributed by atoms with van der Waals surface area (Å²) in [6.07, 6.45) is 6.64. The molecule has 1 aromatic heterocycles. The number of benzene rings is 1. The Kier molecular flexibility index (Phi) is 6.12. The first-order valence-electron chi connectivity index (χ1n) is 12.4. The molecule has 8 heteroatoms. The first kappa shape index (κ1) is 23.3. The van der Waals surface area contributed by atoms with E-state index in [2.05, 4.69) is 17.0 Å². The van der Waals surface area contributed by atoms with Crippen LogP contribution in [0.3, 0.4) is 0 Å². The van der Waals surface area contributed by atoms with Crippen LogP contribution in [0.5, 0.6) is 0 Å². The quantitative estimate of drug-likeness (QED) is 0.592. The average molecular weight is 475 g/mol. The molecule has 2 heterocycles. The lowest BCUT2D eigenvalue weighted by Gasteiger charge is -2.38. The second-order valence-electron chi connectivity index (χ2n) is 10.3. The zero-order valence-corrected chi connectivity index (χ0v) is 19.3. The summed E-state index contributed by atoms with van der Waals surface area (Å²) in [5.41, 5.74) is 6.37. The van der Waals surface area contributed by atoms with Crippen molar-refractivity contribution in [3.63, 3.8) is 0 Å². The van der Waals surface area contributed by atoms with Crippen molar-refractivity contribution >= 4 is 22.8 Å². The predicted octanol–water partition coefficient (Wildman–Crippen LogP) is 4.62. The zero-order valence-electron chi connectivity index (χ0n) is 19.3. The smallest absolute Gasteiger partial charge is 0.316 e. The standard InChI is InChI=1S/C26H32F2N2O4/c27-26(28)15-21(26)23(31)34-25(24(29)32)10-5-17(6-11-25)7-12-30-13-8-18(9-14-30)20-16-33-22-4-2-1-3-19(20)22/h1-4,16-18,21H,5-15H2,(H2,29,32). The minimum Gasteiger partial charge on any atom is -0.464 e. The van der Waals surface area contributed by atoms with Gasteiger partial charge in [-0.25, -0.2) is 8.78 Å². The van der Waals surface area contributed by atoms with Crippen LogP contribution in [0.2, 0.25) is 0 Å². The fraction of sp³-hybridized carbons (Fsp3) is 0.615. The minimum absolute atomic E-state index is 0.312. The van der Waals surface area contributed by atoms with Crippen molar-refractivity contribution in [2.24, 2.45) is 17.6 Å². The molecule has 1 amide bonds. The molecule has 1 aromatic carbocycles. The first-order valence-corrected chi connectivity index (χ1v) is 12.4. The highest BCUT2D eigenvalue weighted by molar-refractivity contribution is 5.88. The Morgan fingerprint density at radius 1 is 1.12 bits per heavy atom. The lowest BCUT2D eigenvalue weighted by molar-refractivity contribution is -0.175. The zero-order chi connectivity index (χ0) is 23.9. The number of alkyl halides is 2. The molecular formula is C26H32F2N2O4. The van der Waals surface area contributed by atoms with Gasteiger partial charge in [-0.1, -0.05) is 18.2 Å². The Labute approximate surface area is 197 Å². The van der Waals surface area contributed by atoms with Gasteiger partial charge < -0.3 is 19.8 Å². The number of esters is 1. The molecule has 34 heavy (non-hydrogen) atoms. The Balaban J connectivity index is 1.08. The number of fused-ring (bicyclic) bond motifs is 1.